The first-order valence-corrected chi connectivity index (χ1v) is 4.99. The fourth-order valence-electron chi connectivity index (χ4n) is 3.06. The molecule has 1 unspecified atom stereocenters. The molecule has 0 aliphatic heterocycles. The molecule has 0 radical (unpaired) electrons. The molecule has 0 aromatic carbocycles. The van der Waals surface area contributed by atoms with E-state index in [1.807, 2.05) is 0 Å². The number of hydrogen-bond donors (Lipinski definition) is 1. The molecule has 1 N–H and O–H groups in total. The van der Waals surface area contributed by atoms with E-state index in [1.165, 1.54) is 32.1 Å². The van der Waals surface area contributed by atoms with E-state index in [1.54, 1.807) is 0 Å². The largest absolute Gasteiger partial charge is 0.396 e. The zero-order valence-corrected chi connectivity index (χ0v) is 7.13. The lowest BCUT2D eigenvalue weighted by atomic mass is 9.80. The molecule has 64 valence electrons. The monoisotopic (exact) mass is 154 g/mol. The van der Waals surface area contributed by atoms with E-state index in [0.29, 0.717) is 6.61 Å². The van der Waals surface area contributed by atoms with E-state index in [-0.39, 0.29) is 0 Å². The molecule has 11 heavy (non-hydrogen) atoms. The van der Waals surface area contributed by atoms with Crippen LogP contribution in [0.3, 0.4) is 0 Å². The van der Waals surface area contributed by atoms with Crippen LogP contribution in [0.25, 0.3) is 0 Å². The summed E-state index contributed by atoms with van der Waals surface area (Å²) in [5, 5.41) is 8.81. The molecule has 1 heteroatoms. The van der Waals surface area contributed by atoms with Crippen molar-refractivity contribution in [1.82, 2.24) is 0 Å². The lowest BCUT2D eigenvalue weighted by molar-refractivity contribution is 0.196. The highest BCUT2D eigenvalue weighted by atomic mass is 16.3. The maximum atomic E-state index is 8.81. The predicted octanol–water partition coefficient (Wildman–Crippen LogP) is 2.20. The van der Waals surface area contributed by atoms with Gasteiger partial charge in [0.1, 0.15) is 0 Å². The molecule has 2 bridgehead atoms. The average molecular weight is 154 g/mol. The minimum absolute atomic E-state index is 0.407. The fraction of sp³-hybridized carbons (Fsp3) is 1.00. The van der Waals surface area contributed by atoms with Crippen LogP contribution in [0, 0.1) is 17.8 Å². The van der Waals surface area contributed by atoms with Crippen molar-refractivity contribution in [3.63, 3.8) is 0 Å². The second-order valence-corrected chi connectivity index (χ2v) is 4.39. The molecule has 2 fully saturated rings. The number of aliphatic hydroxyl groups excluding tert-OH is 1. The second-order valence-electron chi connectivity index (χ2n) is 4.39. The fourth-order valence-corrected chi connectivity index (χ4v) is 3.06. The summed E-state index contributed by atoms with van der Waals surface area (Å²) in [5.41, 5.74) is 0. The van der Waals surface area contributed by atoms with Crippen molar-refractivity contribution in [3.05, 3.63) is 0 Å². The highest BCUT2D eigenvalue weighted by molar-refractivity contribution is 4.84. The summed E-state index contributed by atoms with van der Waals surface area (Å²) in [6.45, 7) is 0.407. The lowest BCUT2D eigenvalue weighted by Crippen LogP contribution is -2.16. The molecule has 0 spiro atoms. The van der Waals surface area contributed by atoms with Gasteiger partial charge in [-0.15, -0.1) is 0 Å². The van der Waals surface area contributed by atoms with Crippen molar-refractivity contribution in [1.29, 1.82) is 0 Å². The van der Waals surface area contributed by atoms with Crippen LogP contribution in [0.15, 0.2) is 0 Å². The topological polar surface area (TPSA) is 20.2 Å². The van der Waals surface area contributed by atoms with Crippen LogP contribution in [0.1, 0.15) is 38.5 Å². The van der Waals surface area contributed by atoms with Crippen molar-refractivity contribution in [2.75, 3.05) is 6.61 Å². The number of aliphatic hydroxyl groups is 1. The van der Waals surface area contributed by atoms with Gasteiger partial charge in [-0.25, -0.2) is 0 Å². The maximum absolute atomic E-state index is 8.81. The standard InChI is InChI=1S/C10H18O/c11-4-3-10-6-8-1-2-9(5-8)7-10/h8-11H,1-7H2/t8-,9+,10?. The Morgan fingerprint density at radius 1 is 1.00 bits per heavy atom. The highest BCUT2D eigenvalue weighted by Gasteiger charge is 2.33. The molecule has 1 nitrogen and oxygen atoms in total. The molecule has 2 saturated carbocycles. The molecule has 0 aromatic heterocycles. The van der Waals surface area contributed by atoms with Crippen molar-refractivity contribution < 1.29 is 5.11 Å². The molecular weight excluding hydrogens is 136 g/mol. The Balaban J connectivity index is 1.87. The molecule has 2 rings (SSSR count). The Bertz CT molecular complexity index is 121. The molecule has 2 aliphatic carbocycles. The normalized spacial score (nSPS) is 42.8. The minimum atomic E-state index is 0.407. The van der Waals surface area contributed by atoms with Crippen LogP contribution in [0.4, 0.5) is 0 Å². The van der Waals surface area contributed by atoms with Crippen LogP contribution in [-0.2, 0) is 0 Å². The van der Waals surface area contributed by atoms with Gasteiger partial charge in [-0.05, 0) is 43.4 Å². The Morgan fingerprint density at radius 2 is 1.64 bits per heavy atom. The van der Waals surface area contributed by atoms with Crippen LogP contribution in [0.2, 0.25) is 0 Å². The summed E-state index contributed by atoms with van der Waals surface area (Å²) in [6, 6.07) is 0. The minimum Gasteiger partial charge on any atom is -0.396 e. The van der Waals surface area contributed by atoms with E-state index in [0.717, 1.165) is 24.2 Å². The molecule has 3 atom stereocenters. The maximum Gasteiger partial charge on any atom is 0.0433 e. The van der Waals surface area contributed by atoms with Gasteiger partial charge in [0.05, 0.1) is 0 Å². The molecule has 0 saturated heterocycles. The molecule has 0 heterocycles. The smallest absolute Gasteiger partial charge is 0.0433 e. The summed E-state index contributed by atoms with van der Waals surface area (Å²) in [5.74, 6) is 2.93. The van der Waals surface area contributed by atoms with Crippen molar-refractivity contribution in [2.24, 2.45) is 17.8 Å². The zero-order chi connectivity index (χ0) is 7.68. The van der Waals surface area contributed by atoms with Crippen LogP contribution < -0.4 is 0 Å². The van der Waals surface area contributed by atoms with Crippen LogP contribution >= 0.6 is 0 Å². The third kappa shape index (κ3) is 1.58. The third-order valence-electron chi connectivity index (χ3n) is 3.52. The van der Waals surface area contributed by atoms with Gasteiger partial charge in [0.2, 0.25) is 0 Å². The molecular formula is C10H18O. The Kier molecular flexibility index (Phi) is 2.17. The van der Waals surface area contributed by atoms with Crippen LogP contribution in [0.5, 0.6) is 0 Å². The zero-order valence-electron chi connectivity index (χ0n) is 7.13. The summed E-state index contributed by atoms with van der Waals surface area (Å²) in [6.07, 6.45) is 8.35. The number of fused-ring (bicyclic) bond motifs is 2. The summed E-state index contributed by atoms with van der Waals surface area (Å²) >= 11 is 0. The van der Waals surface area contributed by atoms with E-state index in [2.05, 4.69) is 0 Å². The first kappa shape index (κ1) is 7.60. The van der Waals surface area contributed by atoms with Gasteiger partial charge in [-0.2, -0.15) is 0 Å². The second kappa shape index (κ2) is 3.14. The van der Waals surface area contributed by atoms with E-state index in [4.69, 9.17) is 5.11 Å². The van der Waals surface area contributed by atoms with Gasteiger partial charge in [-0.3, -0.25) is 0 Å². The first-order valence-electron chi connectivity index (χ1n) is 4.99. The summed E-state index contributed by atoms with van der Waals surface area (Å²) in [7, 11) is 0. The summed E-state index contributed by atoms with van der Waals surface area (Å²) < 4.78 is 0. The Morgan fingerprint density at radius 3 is 2.18 bits per heavy atom. The molecule has 2 aliphatic rings. The van der Waals surface area contributed by atoms with Gasteiger partial charge in [0.15, 0.2) is 0 Å². The van der Waals surface area contributed by atoms with Crippen LogP contribution in [-0.4, -0.2) is 11.7 Å². The van der Waals surface area contributed by atoms with Gasteiger partial charge in [0, 0.05) is 6.61 Å². The van der Waals surface area contributed by atoms with Crippen molar-refractivity contribution in [3.8, 4) is 0 Å². The van der Waals surface area contributed by atoms with Gasteiger partial charge in [-0.1, -0.05) is 12.8 Å². The van der Waals surface area contributed by atoms with E-state index in [9.17, 15) is 0 Å². The Hall–Kier alpha value is -0.0400. The number of hydrogen-bond acceptors (Lipinski definition) is 1. The van der Waals surface area contributed by atoms with Crippen molar-refractivity contribution >= 4 is 0 Å². The SMILES string of the molecule is OCCC1C[C@H]2CC[C@@H](C1)C2. The quantitative estimate of drug-likeness (QED) is 0.646. The van der Waals surface area contributed by atoms with E-state index < -0.39 is 0 Å². The molecule has 0 aromatic rings. The molecule has 0 amide bonds. The third-order valence-corrected chi connectivity index (χ3v) is 3.52. The van der Waals surface area contributed by atoms with Gasteiger partial charge in [0.25, 0.3) is 0 Å². The highest BCUT2D eigenvalue weighted by Crippen LogP contribution is 2.45. The van der Waals surface area contributed by atoms with Gasteiger partial charge >= 0.3 is 0 Å². The van der Waals surface area contributed by atoms with E-state index >= 15 is 0 Å². The Labute approximate surface area is 68.8 Å². The predicted molar refractivity (Wildman–Crippen MR) is 45.3 cm³/mol. The van der Waals surface area contributed by atoms with Gasteiger partial charge < -0.3 is 5.11 Å². The average Bonchev–Trinajstić information content (AvgIpc) is 2.32. The first-order chi connectivity index (χ1) is 5.38. The summed E-state index contributed by atoms with van der Waals surface area (Å²) in [4.78, 5) is 0. The lowest BCUT2D eigenvalue weighted by Gasteiger charge is -2.26. The number of rotatable bonds is 2. The van der Waals surface area contributed by atoms with Crippen molar-refractivity contribution in [2.45, 2.75) is 38.5 Å².